The Morgan fingerprint density at radius 3 is 2.30 bits per heavy atom. The lowest BCUT2D eigenvalue weighted by Crippen LogP contribution is -2.58. The molecule has 1 aliphatic rings. The third-order valence-electron chi connectivity index (χ3n) is 4.97. The van der Waals surface area contributed by atoms with E-state index in [1.807, 2.05) is 0 Å². The van der Waals surface area contributed by atoms with Gasteiger partial charge in [0.2, 0.25) is 6.29 Å². The molecule has 9 heteroatoms. The van der Waals surface area contributed by atoms with Gasteiger partial charge in [-0.3, -0.25) is 4.79 Å². The molecule has 2 aromatic rings. The fourth-order valence-corrected chi connectivity index (χ4v) is 3.24. The molecule has 162 valence electrons. The van der Waals surface area contributed by atoms with Crippen molar-refractivity contribution in [2.45, 2.75) is 50.5 Å². The highest BCUT2D eigenvalue weighted by Crippen LogP contribution is 2.36. The molecule has 9 nitrogen and oxygen atoms in total. The van der Waals surface area contributed by atoms with Crippen molar-refractivity contribution in [3.63, 3.8) is 0 Å². The van der Waals surface area contributed by atoms with E-state index in [4.69, 9.17) is 9.47 Å². The molecule has 0 amide bonds. The highest BCUT2D eigenvalue weighted by atomic mass is 16.7. The van der Waals surface area contributed by atoms with Crippen molar-refractivity contribution in [3.8, 4) is 23.0 Å². The van der Waals surface area contributed by atoms with E-state index in [0.29, 0.717) is 6.42 Å². The summed E-state index contributed by atoms with van der Waals surface area (Å²) in [6.07, 6.45) is -6.49. The van der Waals surface area contributed by atoms with E-state index >= 15 is 0 Å². The van der Waals surface area contributed by atoms with Crippen LogP contribution in [-0.2, 0) is 11.2 Å². The first-order valence-corrected chi connectivity index (χ1v) is 9.40. The smallest absolute Gasteiger partial charge is 0.229 e. The van der Waals surface area contributed by atoms with Gasteiger partial charge in [-0.2, -0.15) is 0 Å². The standard InChI is InChI=1S/C21H24O9/c1-10-18(26)19(27)20(28)21(29-10)30-16-9-13(23)8-15(25)17(16)14(24)7-4-11-2-5-12(22)6-3-11/h2-3,5-6,8-10,18-23,25-28H,4,7H2,1H3/t10-,18-,19+,20+,21-/m1/s1. The lowest BCUT2D eigenvalue weighted by molar-refractivity contribution is -0.268. The van der Waals surface area contributed by atoms with Crippen LogP contribution < -0.4 is 4.74 Å². The van der Waals surface area contributed by atoms with E-state index < -0.39 is 42.2 Å². The number of hydrogen-bond acceptors (Lipinski definition) is 9. The Balaban J connectivity index is 1.81. The number of ether oxygens (including phenoxy) is 2. The number of phenols is 3. The molecule has 3 rings (SSSR count). The van der Waals surface area contributed by atoms with Crippen molar-refractivity contribution in [1.29, 1.82) is 0 Å². The number of hydrogen-bond donors (Lipinski definition) is 6. The third-order valence-corrected chi connectivity index (χ3v) is 4.97. The molecule has 0 bridgehead atoms. The van der Waals surface area contributed by atoms with Crippen molar-refractivity contribution in [2.24, 2.45) is 0 Å². The molecule has 6 N–H and O–H groups in total. The van der Waals surface area contributed by atoms with Gasteiger partial charge in [-0.05, 0) is 31.0 Å². The van der Waals surface area contributed by atoms with Gasteiger partial charge in [-0.25, -0.2) is 0 Å². The molecule has 1 heterocycles. The first-order valence-electron chi connectivity index (χ1n) is 9.40. The molecule has 0 aliphatic carbocycles. The van der Waals surface area contributed by atoms with Crippen LogP contribution in [0.1, 0.15) is 29.3 Å². The van der Waals surface area contributed by atoms with Gasteiger partial charge in [-0.1, -0.05) is 12.1 Å². The number of aliphatic hydroxyl groups is 3. The van der Waals surface area contributed by atoms with Crippen molar-refractivity contribution < 1.29 is 44.9 Å². The van der Waals surface area contributed by atoms with E-state index in [9.17, 15) is 35.4 Å². The minimum Gasteiger partial charge on any atom is -0.508 e. The SMILES string of the molecule is C[C@H]1O[C@H](Oc2cc(O)cc(O)c2C(=O)CCc2ccc(O)cc2)[C@@H](O)[C@@H](O)[C@@H]1O. The molecule has 0 radical (unpaired) electrons. The molecule has 0 unspecified atom stereocenters. The molecule has 0 saturated carbocycles. The first kappa shape index (κ1) is 21.8. The molecular weight excluding hydrogens is 396 g/mol. The second-order valence-electron chi connectivity index (χ2n) is 7.23. The molecule has 0 aromatic heterocycles. The summed E-state index contributed by atoms with van der Waals surface area (Å²) in [4.78, 5) is 12.8. The predicted octanol–water partition coefficient (Wildman–Crippen LogP) is 0.825. The highest BCUT2D eigenvalue weighted by molar-refractivity contribution is 6.01. The molecule has 5 atom stereocenters. The Hall–Kier alpha value is -2.85. The zero-order chi connectivity index (χ0) is 22.0. The van der Waals surface area contributed by atoms with Crippen LogP contribution in [0.15, 0.2) is 36.4 Å². The van der Waals surface area contributed by atoms with Gasteiger partial charge in [0.1, 0.15) is 46.9 Å². The normalized spacial score (nSPS) is 26.3. The van der Waals surface area contributed by atoms with Crippen LogP contribution in [0.5, 0.6) is 23.0 Å². The summed E-state index contributed by atoms with van der Waals surface area (Å²) in [6.45, 7) is 1.47. The number of ketones is 1. The summed E-state index contributed by atoms with van der Waals surface area (Å²) in [5.74, 6) is -1.52. The molecule has 30 heavy (non-hydrogen) atoms. The Kier molecular flexibility index (Phi) is 6.47. The summed E-state index contributed by atoms with van der Waals surface area (Å²) in [5, 5.41) is 59.2. The van der Waals surface area contributed by atoms with Gasteiger partial charge in [-0.15, -0.1) is 0 Å². The summed E-state index contributed by atoms with van der Waals surface area (Å²) < 4.78 is 10.9. The van der Waals surface area contributed by atoms with Crippen LogP contribution in [0, 0.1) is 0 Å². The first-order chi connectivity index (χ1) is 14.2. The Bertz CT molecular complexity index is 896. The largest absolute Gasteiger partial charge is 0.508 e. The predicted molar refractivity (Wildman–Crippen MR) is 104 cm³/mol. The van der Waals surface area contributed by atoms with Crippen LogP contribution in [0.25, 0.3) is 0 Å². The Morgan fingerprint density at radius 1 is 0.967 bits per heavy atom. The summed E-state index contributed by atoms with van der Waals surface area (Å²) in [6, 6.07) is 8.39. The van der Waals surface area contributed by atoms with E-state index in [1.165, 1.54) is 19.1 Å². The average Bonchev–Trinajstić information content (AvgIpc) is 2.69. The van der Waals surface area contributed by atoms with E-state index in [2.05, 4.69) is 0 Å². The molecule has 1 aliphatic heterocycles. The number of rotatable bonds is 6. The monoisotopic (exact) mass is 420 g/mol. The Labute approximate surface area is 172 Å². The fraction of sp³-hybridized carbons (Fsp3) is 0.381. The maximum absolute atomic E-state index is 12.8. The van der Waals surface area contributed by atoms with Crippen molar-refractivity contribution in [1.82, 2.24) is 0 Å². The molecular formula is C21H24O9. The number of carbonyl (C=O) groups excluding carboxylic acids is 1. The second-order valence-corrected chi connectivity index (χ2v) is 7.23. The maximum atomic E-state index is 12.8. The zero-order valence-corrected chi connectivity index (χ0v) is 16.2. The zero-order valence-electron chi connectivity index (χ0n) is 16.2. The molecule has 2 aromatic carbocycles. The van der Waals surface area contributed by atoms with Crippen molar-refractivity contribution in [2.75, 3.05) is 0 Å². The quantitative estimate of drug-likeness (QED) is 0.372. The van der Waals surface area contributed by atoms with Gasteiger partial charge < -0.3 is 40.1 Å². The number of benzene rings is 2. The lowest BCUT2D eigenvalue weighted by atomic mass is 9.99. The third kappa shape index (κ3) is 4.65. The number of aliphatic hydroxyl groups excluding tert-OH is 3. The number of aromatic hydroxyl groups is 3. The number of aryl methyl sites for hydroxylation is 1. The summed E-state index contributed by atoms with van der Waals surface area (Å²) >= 11 is 0. The number of phenolic OH excluding ortho intramolecular Hbond substituents is 3. The minimum absolute atomic E-state index is 0.00864. The maximum Gasteiger partial charge on any atom is 0.229 e. The van der Waals surface area contributed by atoms with Gasteiger partial charge in [0.15, 0.2) is 5.78 Å². The van der Waals surface area contributed by atoms with Crippen LogP contribution in [0.2, 0.25) is 0 Å². The van der Waals surface area contributed by atoms with Crippen molar-refractivity contribution in [3.05, 3.63) is 47.5 Å². The lowest BCUT2D eigenvalue weighted by Gasteiger charge is -2.39. The molecule has 1 saturated heterocycles. The topological polar surface area (TPSA) is 157 Å². The van der Waals surface area contributed by atoms with Gasteiger partial charge in [0, 0.05) is 18.6 Å². The van der Waals surface area contributed by atoms with Crippen LogP contribution in [-0.4, -0.2) is 67.1 Å². The average molecular weight is 420 g/mol. The number of Topliss-reactive ketones (excluding diaryl/α,β-unsaturated/α-hetero) is 1. The summed E-state index contributed by atoms with van der Waals surface area (Å²) in [7, 11) is 0. The highest BCUT2D eigenvalue weighted by Gasteiger charge is 2.43. The van der Waals surface area contributed by atoms with E-state index in [-0.39, 0.29) is 29.2 Å². The fourth-order valence-electron chi connectivity index (χ4n) is 3.24. The van der Waals surface area contributed by atoms with Crippen LogP contribution in [0.3, 0.4) is 0 Å². The van der Waals surface area contributed by atoms with E-state index in [0.717, 1.165) is 17.7 Å². The van der Waals surface area contributed by atoms with Crippen molar-refractivity contribution >= 4 is 5.78 Å². The second kappa shape index (κ2) is 8.88. The minimum atomic E-state index is -1.62. The van der Waals surface area contributed by atoms with Gasteiger partial charge in [0.05, 0.1) is 6.10 Å². The molecule has 1 fully saturated rings. The van der Waals surface area contributed by atoms with E-state index in [1.54, 1.807) is 12.1 Å². The van der Waals surface area contributed by atoms with Crippen LogP contribution >= 0.6 is 0 Å². The Morgan fingerprint density at radius 2 is 1.63 bits per heavy atom. The number of carbonyl (C=O) groups is 1. The van der Waals surface area contributed by atoms with Crippen LogP contribution in [0.4, 0.5) is 0 Å². The van der Waals surface area contributed by atoms with Gasteiger partial charge in [0.25, 0.3) is 0 Å². The van der Waals surface area contributed by atoms with Gasteiger partial charge >= 0.3 is 0 Å². The summed E-state index contributed by atoms with van der Waals surface area (Å²) in [5.41, 5.74) is 0.578. The molecule has 0 spiro atoms.